The molecule has 0 spiro atoms. The summed E-state index contributed by atoms with van der Waals surface area (Å²) >= 11 is 1.51. The van der Waals surface area contributed by atoms with Crippen LogP contribution in [0.2, 0.25) is 0 Å². The van der Waals surface area contributed by atoms with Crippen molar-refractivity contribution in [1.29, 1.82) is 0 Å². The van der Waals surface area contributed by atoms with Crippen LogP contribution in [0, 0.1) is 5.82 Å². The first-order chi connectivity index (χ1) is 16.5. The van der Waals surface area contributed by atoms with E-state index in [1.165, 1.54) is 29.7 Å². The van der Waals surface area contributed by atoms with Crippen molar-refractivity contribution >= 4 is 28.3 Å². The highest BCUT2D eigenvalue weighted by Crippen LogP contribution is 2.40. The normalized spacial score (nSPS) is 15.2. The molecule has 0 saturated carbocycles. The number of nitrogens with zero attached hydrogens (tertiary/aromatic N) is 2. The van der Waals surface area contributed by atoms with Crippen molar-refractivity contribution < 1.29 is 23.1 Å². The zero-order valence-electron chi connectivity index (χ0n) is 19.3. The molecule has 1 aliphatic heterocycles. The van der Waals surface area contributed by atoms with Gasteiger partial charge in [-0.1, -0.05) is 19.1 Å². The summed E-state index contributed by atoms with van der Waals surface area (Å²) in [5, 5.41) is 3.70. The number of benzene rings is 1. The summed E-state index contributed by atoms with van der Waals surface area (Å²) in [6.45, 7) is 6.36. The van der Waals surface area contributed by atoms with Crippen molar-refractivity contribution in [3.8, 4) is 0 Å². The molecule has 3 aromatic rings. The van der Waals surface area contributed by atoms with Gasteiger partial charge in [0.05, 0.1) is 18.9 Å². The number of ether oxygens (including phenoxy) is 1. The third kappa shape index (κ3) is 5.31. The van der Waals surface area contributed by atoms with Crippen LogP contribution in [0.3, 0.4) is 0 Å². The van der Waals surface area contributed by atoms with Crippen LogP contribution >= 0.6 is 11.3 Å². The molecule has 0 unspecified atom stereocenters. The molecule has 180 valence electrons. The summed E-state index contributed by atoms with van der Waals surface area (Å²) in [6, 6.07) is 11.6. The van der Waals surface area contributed by atoms with Gasteiger partial charge in [-0.15, -0.1) is 11.3 Å². The Morgan fingerprint density at radius 3 is 2.59 bits per heavy atom. The molecule has 2 amide bonds. The average molecular weight is 486 g/mol. The molecular formula is C25H28FN3O4S. The number of thiophene rings is 1. The molecule has 3 heterocycles. The number of piperazine rings is 1. The van der Waals surface area contributed by atoms with E-state index in [9.17, 15) is 14.0 Å². The first kappa shape index (κ1) is 24.0. The number of halogens is 1. The average Bonchev–Trinajstić information content (AvgIpc) is 3.51. The minimum absolute atomic E-state index is 0.225. The van der Waals surface area contributed by atoms with Gasteiger partial charge in [0, 0.05) is 36.6 Å². The first-order valence-corrected chi connectivity index (χ1v) is 12.2. The molecule has 1 aliphatic rings. The number of hydrogen-bond donors (Lipinski definition) is 1. The molecule has 1 fully saturated rings. The monoisotopic (exact) mass is 485 g/mol. The van der Waals surface area contributed by atoms with Gasteiger partial charge >= 0.3 is 6.09 Å². The number of aryl methyl sites for hydroxylation is 1. The smallest absolute Gasteiger partial charge is 0.409 e. The Morgan fingerprint density at radius 2 is 1.94 bits per heavy atom. The summed E-state index contributed by atoms with van der Waals surface area (Å²) in [4.78, 5) is 29.9. The third-order valence-corrected chi connectivity index (χ3v) is 7.01. The molecule has 1 atom stereocenters. The van der Waals surface area contributed by atoms with Gasteiger partial charge in [-0.3, -0.25) is 9.69 Å². The van der Waals surface area contributed by atoms with Crippen LogP contribution in [0.5, 0.6) is 0 Å². The van der Waals surface area contributed by atoms with Crippen molar-refractivity contribution in [2.45, 2.75) is 26.3 Å². The molecule has 1 saturated heterocycles. The largest absolute Gasteiger partial charge is 0.459 e. The summed E-state index contributed by atoms with van der Waals surface area (Å²) in [5.74, 6) is -0.427. The predicted octanol–water partition coefficient (Wildman–Crippen LogP) is 5.16. The lowest BCUT2D eigenvalue weighted by Crippen LogP contribution is -2.50. The van der Waals surface area contributed by atoms with Crippen molar-refractivity contribution in [2.75, 3.05) is 38.1 Å². The number of carbonyl (C=O) groups is 2. The van der Waals surface area contributed by atoms with E-state index in [2.05, 4.69) is 23.2 Å². The van der Waals surface area contributed by atoms with Gasteiger partial charge < -0.3 is 19.4 Å². The highest BCUT2D eigenvalue weighted by molar-refractivity contribution is 7.16. The van der Waals surface area contributed by atoms with Crippen LogP contribution in [-0.2, 0) is 11.2 Å². The minimum atomic E-state index is -0.333. The minimum Gasteiger partial charge on any atom is -0.459 e. The van der Waals surface area contributed by atoms with Gasteiger partial charge in [0.2, 0.25) is 0 Å². The second-order valence-electron chi connectivity index (χ2n) is 7.96. The van der Waals surface area contributed by atoms with Gasteiger partial charge in [-0.25, -0.2) is 9.18 Å². The standard InChI is InChI=1S/C25H28FN3O4S/c1-3-19-16-20(24(34-19)27-23(30)21-9-6-14-33-21)22(17-7-5-8-18(26)15-17)28-10-12-29(13-11-28)25(31)32-4-2/h5-9,14-16,22H,3-4,10-13H2,1-2H3,(H,27,30)/t22-/m0/s1. The zero-order chi connectivity index (χ0) is 24.1. The van der Waals surface area contributed by atoms with Crippen LogP contribution in [0.15, 0.2) is 53.1 Å². The van der Waals surface area contributed by atoms with Crippen molar-refractivity contribution in [3.63, 3.8) is 0 Å². The maximum Gasteiger partial charge on any atom is 0.409 e. The maximum absolute atomic E-state index is 14.3. The molecule has 9 heteroatoms. The van der Waals surface area contributed by atoms with E-state index in [1.807, 2.05) is 6.07 Å². The lowest BCUT2D eigenvalue weighted by molar-refractivity contribution is 0.0715. The number of amides is 2. The lowest BCUT2D eigenvalue weighted by atomic mass is 9.97. The second-order valence-corrected chi connectivity index (χ2v) is 9.10. The predicted molar refractivity (Wildman–Crippen MR) is 129 cm³/mol. The van der Waals surface area contributed by atoms with E-state index < -0.39 is 0 Å². The van der Waals surface area contributed by atoms with Crippen LogP contribution in [0.1, 0.15) is 46.4 Å². The van der Waals surface area contributed by atoms with Crippen LogP contribution in [-0.4, -0.2) is 54.6 Å². The van der Waals surface area contributed by atoms with E-state index in [4.69, 9.17) is 9.15 Å². The molecule has 0 radical (unpaired) electrons. The summed E-state index contributed by atoms with van der Waals surface area (Å²) in [7, 11) is 0. The molecule has 0 aliphatic carbocycles. The topological polar surface area (TPSA) is 75.0 Å². The lowest BCUT2D eigenvalue weighted by Gasteiger charge is -2.39. The third-order valence-electron chi connectivity index (χ3n) is 5.80. The van der Waals surface area contributed by atoms with E-state index >= 15 is 0 Å². The SMILES string of the molecule is CCOC(=O)N1CCN([C@@H](c2cccc(F)c2)c2cc(CC)sc2NC(=O)c2ccco2)CC1. The van der Waals surface area contributed by atoms with Crippen LogP contribution in [0.4, 0.5) is 14.2 Å². The molecule has 2 aromatic heterocycles. The number of carbonyl (C=O) groups excluding carboxylic acids is 2. The Bertz CT molecular complexity index is 1120. The molecular weight excluding hydrogens is 457 g/mol. The Labute approximate surface area is 202 Å². The second kappa shape index (κ2) is 10.8. The Kier molecular flexibility index (Phi) is 7.64. The van der Waals surface area contributed by atoms with Gasteiger partial charge in [-0.2, -0.15) is 0 Å². The van der Waals surface area contributed by atoms with Crippen molar-refractivity contribution in [2.24, 2.45) is 0 Å². The summed E-state index contributed by atoms with van der Waals surface area (Å²) in [6.07, 6.45) is 1.95. The van der Waals surface area contributed by atoms with Gasteiger partial charge in [-0.05, 0) is 49.2 Å². The van der Waals surface area contributed by atoms with Gasteiger partial charge in [0.15, 0.2) is 5.76 Å². The molecule has 4 rings (SSSR count). The summed E-state index contributed by atoms with van der Waals surface area (Å²) in [5.41, 5.74) is 1.69. The van der Waals surface area contributed by atoms with Crippen LogP contribution < -0.4 is 5.32 Å². The Hall–Kier alpha value is -3.17. The first-order valence-electron chi connectivity index (χ1n) is 11.4. The Balaban J connectivity index is 1.67. The zero-order valence-corrected chi connectivity index (χ0v) is 20.1. The molecule has 1 N–H and O–H groups in total. The molecule has 34 heavy (non-hydrogen) atoms. The van der Waals surface area contributed by atoms with E-state index in [0.29, 0.717) is 37.8 Å². The van der Waals surface area contributed by atoms with Crippen molar-refractivity contribution in [3.05, 3.63) is 76.3 Å². The van der Waals surface area contributed by atoms with E-state index in [1.54, 1.807) is 30.0 Å². The van der Waals surface area contributed by atoms with E-state index in [0.717, 1.165) is 22.4 Å². The van der Waals surface area contributed by atoms with Gasteiger partial charge in [0.1, 0.15) is 10.8 Å². The highest BCUT2D eigenvalue weighted by atomic mass is 32.1. The highest BCUT2D eigenvalue weighted by Gasteiger charge is 2.32. The molecule has 7 nitrogen and oxygen atoms in total. The number of furan rings is 1. The number of hydrogen-bond acceptors (Lipinski definition) is 6. The number of rotatable bonds is 7. The van der Waals surface area contributed by atoms with Crippen LogP contribution in [0.25, 0.3) is 0 Å². The fraction of sp³-hybridized carbons (Fsp3) is 0.360. The van der Waals surface area contributed by atoms with Gasteiger partial charge in [0.25, 0.3) is 5.91 Å². The fourth-order valence-electron chi connectivity index (χ4n) is 4.15. The van der Waals surface area contributed by atoms with E-state index in [-0.39, 0.29) is 29.6 Å². The summed E-state index contributed by atoms with van der Waals surface area (Å²) < 4.78 is 24.7. The quantitative estimate of drug-likeness (QED) is 0.500. The van der Waals surface area contributed by atoms with Crippen molar-refractivity contribution in [1.82, 2.24) is 9.80 Å². The molecule has 0 bridgehead atoms. The Morgan fingerprint density at radius 1 is 1.15 bits per heavy atom. The molecule has 1 aromatic carbocycles. The fourth-order valence-corrected chi connectivity index (χ4v) is 5.17. The number of nitrogens with one attached hydrogen (secondary N) is 1. The number of anilines is 1. The maximum atomic E-state index is 14.3.